The maximum Gasteiger partial charge on any atom is 0.0478 e. The fourth-order valence-electron chi connectivity index (χ4n) is 3.42. The standard InChI is InChI=1S/C19H18BrN2/c20-14-9-10-17-16(11-14)15-7-4-8-18(19(15)22-17)21-12-13-5-2-1-3-6-13/h2-3,5-6,9-11,18,21-22H,4,7-8,12H2/t18-/m1/s1. The second-order valence-electron chi connectivity index (χ2n) is 5.94. The zero-order valence-corrected chi connectivity index (χ0v) is 13.9. The Morgan fingerprint density at radius 2 is 2.09 bits per heavy atom. The first kappa shape index (κ1) is 14.0. The molecule has 0 bridgehead atoms. The van der Waals surface area contributed by atoms with Crippen LogP contribution in [0.4, 0.5) is 0 Å². The molecule has 0 unspecified atom stereocenters. The van der Waals surface area contributed by atoms with Crippen LogP contribution < -0.4 is 5.32 Å². The average Bonchev–Trinajstić information content (AvgIpc) is 2.92. The number of halogens is 1. The van der Waals surface area contributed by atoms with Gasteiger partial charge in [-0.25, -0.2) is 0 Å². The largest absolute Gasteiger partial charge is 0.357 e. The van der Waals surface area contributed by atoms with E-state index >= 15 is 0 Å². The first-order chi connectivity index (χ1) is 10.8. The van der Waals surface area contributed by atoms with Gasteiger partial charge in [0.2, 0.25) is 0 Å². The van der Waals surface area contributed by atoms with E-state index in [-0.39, 0.29) is 0 Å². The van der Waals surface area contributed by atoms with Crippen molar-refractivity contribution in [3.63, 3.8) is 0 Å². The maximum atomic E-state index is 3.71. The van der Waals surface area contributed by atoms with Crippen LogP contribution in [0, 0.1) is 6.07 Å². The summed E-state index contributed by atoms with van der Waals surface area (Å²) < 4.78 is 1.15. The van der Waals surface area contributed by atoms with Crippen molar-refractivity contribution in [2.45, 2.75) is 31.8 Å². The highest BCUT2D eigenvalue weighted by atomic mass is 79.9. The average molecular weight is 354 g/mol. The maximum absolute atomic E-state index is 3.71. The lowest BCUT2D eigenvalue weighted by atomic mass is 9.91. The number of nitrogens with one attached hydrogen (secondary N) is 2. The van der Waals surface area contributed by atoms with Crippen molar-refractivity contribution in [1.29, 1.82) is 0 Å². The molecule has 0 saturated carbocycles. The molecule has 0 aliphatic heterocycles. The zero-order valence-electron chi connectivity index (χ0n) is 12.3. The number of hydrogen-bond acceptors (Lipinski definition) is 1. The van der Waals surface area contributed by atoms with E-state index in [4.69, 9.17) is 0 Å². The molecule has 1 aromatic heterocycles. The first-order valence-electron chi connectivity index (χ1n) is 7.79. The van der Waals surface area contributed by atoms with Gasteiger partial charge >= 0.3 is 0 Å². The van der Waals surface area contributed by atoms with E-state index < -0.39 is 0 Å². The topological polar surface area (TPSA) is 27.8 Å². The molecular formula is C19H18BrN2. The summed E-state index contributed by atoms with van der Waals surface area (Å²) in [5.41, 5.74) is 5.42. The normalized spacial score (nSPS) is 17.6. The summed E-state index contributed by atoms with van der Waals surface area (Å²) in [5, 5.41) is 5.08. The van der Waals surface area contributed by atoms with Gasteiger partial charge in [-0.05, 0) is 54.7 Å². The van der Waals surface area contributed by atoms with Gasteiger partial charge in [-0.15, -0.1) is 0 Å². The third-order valence-electron chi connectivity index (χ3n) is 4.51. The van der Waals surface area contributed by atoms with Crippen molar-refractivity contribution >= 4 is 26.8 Å². The number of rotatable bonds is 3. The zero-order chi connectivity index (χ0) is 14.9. The van der Waals surface area contributed by atoms with Crippen molar-refractivity contribution in [2.24, 2.45) is 0 Å². The van der Waals surface area contributed by atoms with Gasteiger partial charge in [-0.3, -0.25) is 0 Å². The van der Waals surface area contributed by atoms with Crippen molar-refractivity contribution in [1.82, 2.24) is 10.3 Å². The van der Waals surface area contributed by atoms with Gasteiger partial charge < -0.3 is 10.3 Å². The van der Waals surface area contributed by atoms with Gasteiger partial charge in [0.1, 0.15) is 0 Å². The number of hydrogen-bond donors (Lipinski definition) is 2. The fraction of sp³-hybridized carbons (Fsp3) is 0.263. The molecule has 0 amide bonds. The second kappa shape index (κ2) is 5.90. The Labute approximate surface area is 139 Å². The quantitative estimate of drug-likeness (QED) is 0.688. The van der Waals surface area contributed by atoms with Crippen LogP contribution in [-0.4, -0.2) is 4.98 Å². The molecule has 0 saturated heterocycles. The van der Waals surface area contributed by atoms with Crippen LogP contribution in [0.1, 0.15) is 35.7 Å². The molecule has 1 heterocycles. The first-order valence-corrected chi connectivity index (χ1v) is 8.59. The van der Waals surface area contributed by atoms with E-state index in [2.05, 4.69) is 62.6 Å². The van der Waals surface area contributed by atoms with E-state index in [1.807, 2.05) is 12.1 Å². The van der Waals surface area contributed by atoms with Gasteiger partial charge in [0.05, 0.1) is 0 Å². The molecule has 4 rings (SSSR count). The lowest BCUT2D eigenvalue weighted by molar-refractivity contribution is 0.452. The van der Waals surface area contributed by atoms with Crippen molar-refractivity contribution in [2.75, 3.05) is 0 Å². The van der Waals surface area contributed by atoms with E-state index in [0.717, 1.165) is 11.0 Å². The minimum Gasteiger partial charge on any atom is -0.357 e. The molecule has 0 fully saturated rings. The van der Waals surface area contributed by atoms with Crippen LogP contribution in [0.3, 0.4) is 0 Å². The molecule has 1 aliphatic rings. The minimum atomic E-state index is 0.416. The molecule has 22 heavy (non-hydrogen) atoms. The van der Waals surface area contributed by atoms with Crippen LogP contribution in [0.2, 0.25) is 0 Å². The summed E-state index contributed by atoms with van der Waals surface area (Å²) in [7, 11) is 0. The molecule has 1 atom stereocenters. The smallest absolute Gasteiger partial charge is 0.0478 e. The number of H-pyrrole nitrogens is 1. The van der Waals surface area contributed by atoms with Crippen LogP contribution >= 0.6 is 15.9 Å². The molecule has 111 valence electrons. The molecule has 0 spiro atoms. The monoisotopic (exact) mass is 353 g/mol. The summed E-state index contributed by atoms with van der Waals surface area (Å²) in [6.45, 7) is 0.901. The highest BCUT2D eigenvalue weighted by molar-refractivity contribution is 9.10. The van der Waals surface area contributed by atoms with E-state index in [0.29, 0.717) is 6.04 Å². The van der Waals surface area contributed by atoms with Crippen molar-refractivity contribution < 1.29 is 0 Å². The van der Waals surface area contributed by atoms with E-state index in [1.165, 1.54) is 47.0 Å². The number of aryl methyl sites for hydroxylation is 1. The van der Waals surface area contributed by atoms with Crippen LogP contribution in [0.15, 0.2) is 46.9 Å². The number of fused-ring (bicyclic) bond motifs is 3. The van der Waals surface area contributed by atoms with Crippen molar-refractivity contribution in [3.05, 3.63) is 69.8 Å². The van der Waals surface area contributed by atoms with Gasteiger partial charge in [0, 0.05) is 33.7 Å². The summed E-state index contributed by atoms with van der Waals surface area (Å²) in [4.78, 5) is 3.64. The predicted molar refractivity (Wildman–Crippen MR) is 93.8 cm³/mol. The molecule has 2 aromatic carbocycles. The Bertz CT molecular complexity index is 792. The predicted octanol–water partition coefficient (Wildman–Crippen LogP) is 4.90. The minimum absolute atomic E-state index is 0.416. The fourth-order valence-corrected chi connectivity index (χ4v) is 3.78. The van der Waals surface area contributed by atoms with Gasteiger partial charge in [-0.1, -0.05) is 40.2 Å². The highest BCUT2D eigenvalue weighted by Gasteiger charge is 2.23. The van der Waals surface area contributed by atoms with Crippen LogP contribution in [0.25, 0.3) is 10.9 Å². The van der Waals surface area contributed by atoms with Crippen molar-refractivity contribution in [3.8, 4) is 0 Å². The lowest BCUT2D eigenvalue weighted by Gasteiger charge is -2.24. The molecule has 3 aromatic rings. The Morgan fingerprint density at radius 1 is 1.23 bits per heavy atom. The lowest BCUT2D eigenvalue weighted by Crippen LogP contribution is -2.24. The molecule has 2 N–H and O–H groups in total. The Hall–Kier alpha value is -1.58. The molecular weight excluding hydrogens is 336 g/mol. The molecule has 1 aliphatic carbocycles. The van der Waals surface area contributed by atoms with Gasteiger partial charge in [0.25, 0.3) is 0 Å². The molecule has 3 heteroatoms. The summed E-state index contributed by atoms with van der Waals surface area (Å²) in [6.07, 6.45) is 3.61. The van der Waals surface area contributed by atoms with Gasteiger partial charge in [0.15, 0.2) is 0 Å². The number of aromatic nitrogens is 1. The molecule has 1 radical (unpaired) electrons. The summed E-state index contributed by atoms with van der Waals surface area (Å²) in [5.74, 6) is 0. The van der Waals surface area contributed by atoms with E-state index in [9.17, 15) is 0 Å². The van der Waals surface area contributed by atoms with Crippen LogP contribution in [-0.2, 0) is 13.0 Å². The summed E-state index contributed by atoms with van der Waals surface area (Å²) >= 11 is 3.59. The second-order valence-corrected chi connectivity index (χ2v) is 6.86. The highest BCUT2D eigenvalue weighted by Crippen LogP contribution is 2.35. The Kier molecular flexibility index (Phi) is 3.77. The third-order valence-corrected chi connectivity index (χ3v) is 5.00. The third kappa shape index (κ3) is 2.59. The Balaban J connectivity index is 1.63. The summed E-state index contributed by atoms with van der Waals surface area (Å²) in [6, 6.07) is 18.2. The number of benzene rings is 2. The van der Waals surface area contributed by atoms with Crippen LogP contribution in [0.5, 0.6) is 0 Å². The van der Waals surface area contributed by atoms with E-state index in [1.54, 1.807) is 0 Å². The Morgan fingerprint density at radius 3 is 2.95 bits per heavy atom. The van der Waals surface area contributed by atoms with Gasteiger partial charge in [-0.2, -0.15) is 0 Å². The number of aromatic amines is 1. The SMILES string of the molecule is Brc1ccc2[nH]c3c(c2c1)CCC[C@H]3NCc1cc[c]cc1. The molecule has 2 nitrogen and oxygen atoms in total.